The van der Waals surface area contributed by atoms with E-state index in [0.29, 0.717) is 22.6 Å². The number of rotatable bonds is 5. The molecule has 1 heterocycles. The van der Waals surface area contributed by atoms with Crippen molar-refractivity contribution in [2.45, 2.75) is 0 Å². The van der Waals surface area contributed by atoms with E-state index in [9.17, 15) is 4.79 Å². The first-order valence-electron chi connectivity index (χ1n) is 7.21. The highest BCUT2D eigenvalue weighted by Crippen LogP contribution is 2.43. The third kappa shape index (κ3) is 2.72. The Morgan fingerprint density at radius 1 is 1.08 bits per heavy atom. The quantitative estimate of drug-likeness (QED) is 0.770. The molecule has 2 N–H and O–H groups in total. The Morgan fingerprint density at radius 3 is 2.46 bits per heavy atom. The lowest BCUT2D eigenvalue weighted by Gasteiger charge is -2.16. The van der Waals surface area contributed by atoms with Crippen molar-refractivity contribution in [3.8, 4) is 33.2 Å². The number of thiazole rings is 1. The molecule has 0 aliphatic rings. The van der Waals surface area contributed by atoms with Crippen LogP contribution in [0.4, 0.5) is 0 Å². The molecule has 0 radical (unpaired) electrons. The number of hydrogen-bond acceptors (Lipinski definition) is 5. The molecule has 0 saturated heterocycles. The molecule has 2 aromatic carbocycles. The average molecular weight is 340 g/mol. The predicted octanol–water partition coefficient (Wildman–Crippen LogP) is 3.59. The predicted molar refractivity (Wildman–Crippen MR) is 94.6 cm³/mol. The third-order valence-corrected chi connectivity index (χ3v) is 4.46. The highest BCUT2D eigenvalue weighted by Gasteiger charge is 2.21. The van der Waals surface area contributed by atoms with Crippen LogP contribution in [-0.2, 0) is 0 Å². The average Bonchev–Trinajstić information content (AvgIpc) is 3.14. The maximum atomic E-state index is 11.9. The van der Waals surface area contributed by atoms with Crippen molar-refractivity contribution in [3.63, 3.8) is 0 Å². The number of nitrogens with two attached hydrogens (primary N) is 1. The van der Waals surface area contributed by atoms with E-state index in [4.69, 9.17) is 15.2 Å². The van der Waals surface area contributed by atoms with Gasteiger partial charge >= 0.3 is 0 Å². The summed E-state index contributed by atoms with van der Waals surface area (Å²) in [6, 6.07) is 11.0. The molecule has 5 nitrogen and oxygen atoms in total. The van der Waals surface area contributed by atoms with E-state index in [1.165, 1.54) is 11.3 Å². The molecule has 1 aromatic heterocycles. The van der Waals surface area contributed by atoms with E-state index in [-0.39, 0.29) is 0 Å². The standard InChI is InChI=1S/C18H16N2O3S/c1-22-14-8-4-6-12(16(14)23-2)11-5-3-7-13(17(19)21)15(11)18-20-9-10-24-18/h3-10H,1-2H3,(H2,19,21). The van der Waals surface area contributed by atoms with Gasteiger partial charge in [0.2, 0.25) is 5.91 Å². The van der Waals surface area contributed by atoms with Gasteiger partial charge in [0, 0.05) is 28.3 Å². The maximum Gasteiger partial charge on any atom is 0.249 e. The number of primary amides is 1. The molecule has 24 heavy (non-hydrogen) atoms. The second kappa shape index (κ2) is 6.72. The summed E-state index contributed by atoms with van der Waals surface area (Å²) in [6.07, 6.45) is 1.70. The number of ether oxygens (including phenoxy) is 2. The van der Waals surface area contributed by atoms with Gasteiger partial charge in [0.25, 0.3) is 0 Å². The number of amides is 1. The van der Waals surface area contributed by atoms with Crippen LogP contribution in [0.5, 0.6) is 11.5 Å². The molecule has 3 aromatic rings. The number of hydrogen-bond donors (Lipinski definition) is 1. The third-order valence-electron chi connectivity index (χ3n) is 3.67. The molecule has 0 aliphatic heterocycles. The second-order valence-electron chi connectivity index (χ2n) is 4.97. The highest BCUT2D eigenvalue weighted by molar-refractivity contribution is 7.13. The van der Waals surface area contributed by atoms with Crippen LogP contribution in [0.25, 0.3) is 21.7 Å². The van der Waals surface area contributed by atoms with Crippen molar-refractivity contribution in [2.24, 2.45) is 5.73 Å². The molecular formula is C18H16N2O3S. The van der Waals surface area contributed by atoms with Gasteiger partial charge in [-0.25, -0.2) is 4.98 Å². The Hall–Kier alpha value is -2.86. The van der Waals surface area contributed by atoms with Gasteiger partial charge < -0.3 is 15.2 Å². The zero-order valence-corrected chi connectivity index (χ0v) is 14.1. The number of methoxy groups -OCH3 is 2. The summed E-state index contributed by atoms with van der Waals surface area (Å²) in [7, 11) is 3.17. The Morgan fingerprint density at radius 2 is 1.83 bits per heavy atom. The topological polar surface area (TPSA) is 74.4 Å². The Balaban J connectivity index is 2.34. The van der Waals surface area contributed by atoms with Crippen LogP contribution < -0.4 is 15.2 Å². The van der Waals surface area contributed by atoms with Crippen LogP contribution >= 0.6 is 11.3 Å². The summed E-state index contributed by atoms with van der Waals surface area (Å²) in [5.41, 5.74) is 8.33. The van der Waals surface area contributed by atoms with E-state index in [0.717, 1.165) is 16.1 Å². The molecule has 122 valence electrons. The Kier molecular flexibility index (Phi) is 4.48. The first-order valence-corrected chi connectivity index (χ1v) is 8.09. The minimum absolute atomic E-state index is 0.423. The van der Waals surface area contributed by atoms with E-state index in [1.807, 2.05) is 29.6 Å². The van der Waals surface area contributed by atoms with Crippen molar-refractivity contribution >= 4 is 17.2 Å². The lowest BCUT2D eigenvalue weighted by molar-refractivity contribution is 0.100. The van der Waals surface area contributed by atoms with Crippen LogP contribution in [0.2, 0.25) is 0 Å². The largest absolute Gasteiger partial charge is 0.493 e. The lowest BCUT2D eigenvalue weighted by Crippen LogP contribution is -2.13. The van der Waals surface area contributed by atoms with Crippen LogP contribution in [0.1, 0.15) is 10.4 Å². The van der Waals surface area contributed by atoms with Crippen LogP contribution in [-0.4, -0.2) is 25.1 Å². The fraction of sp³-hybridized carbons (Fsp3) is 0.111. The van der Waals surface area contributed by atoms with Crippen LogP contribution in [0, 0.1) is 0 Å². The molecule has 0 unspecified atom stereocenters. The minimum atomic E-state index is -0.496. The number of nitrogens with zero attached hydrogens (tertiary/aromatic N) is 1. The van der Waals surface area contributed by atoms with Gasteiger partial charge in [-0.15, -0.1) is 11.3 Å². The molecule has 0 aliphatic carbocycles. The molecule has 0 spiro atoms. The van der Waals surface area contributed by atoms with E-state index < -0.39 is 5.91 Å². The number of carbonyl (C=O) groups is 1. The molecule has 0 atom stereocenters. The fourth-order valence-electron chi connectivity index (χ4n) is 2.66. The molecule has 1 amide bonds. The zero-order chi connectivity index (χ0) is 17.1. The van der Waals surface area contributed by atoms with Gasteiger partial charge in [-0.3, -0.25) is 4.79 Å². The van der Waals surface area contributed by atoms with Gasteiger partial charge in [0.1, 0.15) is 5.01 Å². The van der Waals surface area contributed by atoms with Crippen molar-refractivity contribution in [1.82, 2.24) is 4.98 Å². The summed E-state index contributed by atoms with van der Waals surface area (Å²) < 4.78 is 10.9. The smallest absolute Gasteiger partial charge is 0.249 e. The van der Waals surface area contributed by atoms with E-state index >= 15 is 0 Å². The van der Waals surface area contributed by atoms with Crippen molar-refractivity contribution < 1.29 is 14.3 Å². The van der Waals surface area contributed by atoms with Crippen molar-refractivity contribution in [2.75, 3.05) is 14.2 Å². The number of benzene rings is 2. The Labute approximate surface area is 143 Å². The number of aromatic nitrogens is 1. The van der Waals surface area contributed by atoms with Crippen LogP contribution in [0.15, 0.2) is 48.0 Å². The van der Waals surface area contributed by atoms with Gasteiger partial charge in [-0.05, 0) is 17.7 Å². The second-order valence-corrected chi connectivity index (χ2v) is 5.87. The summed E-state index contributed by atoms with van der Waals surface area (Å²) in [5, 5.41) is 2.59. The van der Waals surface area contributed by atoms with Crippen molar-refractivity contribution in [3.05, 3.63) is 53.5 Å². The van der Waals surface area contributed by atoms with Crippen molar-refractivity contribution in [1.29, 1.82) is 0 Å². The molecular weight excluding hydrogens is 324 g/mol. The molecule has 0 bridgehead atoms. The van der Waals surface area contributed by atoms with Gasteiger partial charge in [-0.2, -0.15) is 0 Å². The summed E-state index contributed by atoms with van der Waals surface area (Å²) in [4.78, 5) is 16.3. The van der Waals surface area contributed by atoms with Gasteiger partial charge in [-0.1, -0.05) is 24.3 Å². The van der Waals surface area contributed by atoms with E-state index in [2.05, 4.69) is 4.98 Å². The molecule has 0 fully saturated rings. The van der Waals surface area contributed by atoms with Gasteiger partial charge in [0.05, 0.1) is 14.2 Å². The zero-order valence-electron chi connectivity index (χ0n) is 13.3. The first kappa shape index (κ1) is 16.0. The SMILES string of the molecule is COc1cccc(-c2cccc(C(N)=O)c2-c2nccs2)c1OC. The monoisotopic (exact) mass is 340 g/mol. The summed E-state index contributed by atoms with van der Waals surface area (Å²) >= 11 is 1.45. The summed E-state index contributed by atoms with van der Waals surface area (Å²) in [6.45, 7) is 0. The van der Waals surface area contributed by atoms with Gasteiger partial charge in [0.15, 0.2) is 11.5 Å². The van der Waals surface area contributed by atoms with E-state index in [1.54, 1.807) is 32.5 Å². The molecule has 3 rings (SSSR count). The Bertz CT molecular complexity index is 876. The summed E-state index contributed by atoms with van der Waals surface area (Å²) in [5.74, 6) is 0.716. The first-order chi connectivity index (χ1) is 11.7. The number of carbonyl (C=O) groups excluding carboxylic acids is 1. The highest BCUT2D eigenvalue weighted by atomic mass is 32.1. The van der Waals surface area contributed by atoms with Crippen LogP contribution in [0.3, 0.4) is 0 Å². The molecule has 0 saturated carbocycles. The number of para-hydroxylation sites is 1. The minimum Gasteiger partial charge on any atom is -0.493 e. The normalized spacial score (nSPS) is 10.4. The lowest BCUT2D eigenvalue weighted by atomic mass is 9.94. The fourth-order valence-corrected chi connectivity index (χ4v) is 3.37. The molecule has 6 heteroatoms. The maximum absolute atomic E-state index is 11.9.